The number of anilines is 1. The molecule has 0 atom stereocenters. The summed E-state index contributed by atoms with van der Waals surface area (Å²) < 4.78 is 13.9. The molecule has 94 valence electrons. The molecule has 0 aliphatic rings. The fourth-order valence-corrected chi connectivity index (χ4v) is 2.87. The molecule has 1 aromatic carbocycles. The van der Waals surface area contributed by atoms with Crippen LogP contribution < -0.4 is 11.1 Å². The molecule has 18 heavy (non-hydrogen) atoms. The molecule has 0 aliphatic carbocycles. The van der Waals surface area contributed by atoms with E-state index in [1.807, 2.05) is 12.1 Å². The van der Waals surface area contributed by atoms with Gasteiger partial charge in [-0.2, -0.15) is 0 Å². The molecule has 1 aromatic heterocycles. The number of benzene rings is 1. The van der Waals surface area contributed by atoms with Gasteiger partial charge in [0.25, 0.3) is 5.91 Å². The molecular formula is C12H10BrFN2OS. The topological polar surface area (TPSA) is 55.1 Å². The number of carbonyl (C=O) groups excluding carboxylic acids is 1. The summed E-state index contributed by atoms with van der Waals surface area (Å²) in [5, 5.41) is 2.74. The van der Waals surface area contributed by atoms with Gasteiger partial charge in [-0.3, -0.25) is 4.79 Å². The zero-order valence-corrected chi connectivity index (χ0v) is 11.6. The molecular weight excluding hydrogens is 319 g/mol. The number of hydrogen-bond acceptors (Lipinski definition) is 3. The number of rotatable bonds is 3. The molecule has 6 heteroatoms. The lowest BCUT2D eigenvalue weighted by Crippen LogP contribution is -2.23. The van der Waals surface area contributed by atoms with Gasteiger partial charge in [-0.05, 0) is 46.3 Å². The minimum atomic E-state index is -0.453. The van der Waals surface area contributed by atoms with E-state index in [2.05, 4.69) is 21.2 Å². The zero-order valence-electron chi connectivity index (χ0n) is 9.24. The Bertz CT molecular complexity index is 585. The zero-order chi connectivity index (χ0) is 13.1. The van der Waals surface area contributed by atoms with Gasteiger partial charge in [-0.25, -0.2) is 4.39 Å². The lowest BCUT2D eigenvalue weighted by atomic mass is 10.1. The fraction of sp³-hybridized carbons (Fsp3) is 0.0833. The Morgan fingerprint density at radius 2 is 2.17 bits per heavy atom. The number of nitrogen functional groups attached to an aromatic ring is 1. The number of hydrogen-bond donors (Lipinski definition) is 2. The van der Waals surface area contributed by atoms with Crippen molar-refractivity contribution in [2.24, 2.45) is 0 Å². The predicted octanol–water partition coefficient (Wildman–Crippen LogP) is 3.16. The van der Waals surface area contributed by atoms with E-state index in [1.54, 1.807) is 11.3 Å². The first kappa shape index (κ1) is 13.0. The van der Waals surface area contributed by atoms with Crippen molar-refractivity contribution in [3.05, 3.63) is 50.4 Å². The maximum atomic E-state index is 12.8. The third-order valence-corrected chi connectivity index (χ3v) is 3.93. The summed E-state index contributed by atoms with van der Waals surface area (Å²) in [7, 11) is 0. The van der Waals surface area contributed by atoms with Gasteiger partial charge in [0.2, 0.25) is 0 Å². The summed E-state index contributed by atoms with van der Waals surface area (Å²) >= 11 is 4.89. The van der Waals surface area contributed by atoms with E-state index in [4.69, 9.17) is 5.73 Å². The van der Waals surface area contributed by atoms with E-state index < -0.39 is 5.82 Å². The van der Waals surface area contributed by atoms with Crippen LogP contribution in [-0.4, -0.2) is 5.91 Å². The Morgan fingerprint density at radius 3 is 2.78 bits per heavy atom. The van der Waals surface area contributed by atoms with Crippen LogP contribution in [0.1, 0.15) is 15.2 Å². The number of nitrogens with two attached hydrogens (primary N) is 1. The van der Waals surface area contributed by atoms with E-state index in [1.165, 1.54) is 12.1 Å². The van der Waals surface area contributed by atoms with Gasteiger partial charge in [-0.15, -0.1) is 11.3 Å². The Morgan fingerprint density at radius 1 is 1.39 bits per heavy atom. The highest BCUT2D eigenvalue weighted by molar-refractivity contribution is 9.11. The lowest BCUT2D eigenvalue weighted by molar-refractivity contribution is 0.0952. The van der Waals surface area contributed by atoms with E-state index in [0.29, 0.717) is 6.54 Å². The third kappa shape index (κ3) is 3.08. The predicted molar refractivity (Wildman–Crippen MR) is 74.0 cm³/mol. The Balaban J connectivity index is 2.03. The SMILES string of the molecule is Nc1cc(F)ccc1C(=O)NCc1ccc(Br)s1. The molecule has 0 unspecified atom stereocenters. The van der Waals surface area contributed by atoms with Crippen molar-refractivity contribution in [1.29, 1.82) is 0 Å². The van der Waals surface area contributed by atoms with Gasteiger partial charge >= 0.3 is 0 Å². The Kier molecular flexibility index (Phi) is 3.98. The first-order chi connectivity index (χ1) is 8.56. The normalized spacial score (nSPS) is 10.3. The van der Waals surface area contributed by atoms with Crippen molar-refractivity contribution >= 4 is 38.9 Å². The van der Waals surface area contributed by atoms with Crippen LogP contribution in [0, 0.1) is 5.82 Å². The molecule has 0 spiro atoms. The number of halogens is 2. The molecule has 0 bridgehead atoms. The standard InChI is InChI=1S/C12H10BrFN2OS/c13-11-4-2-8(18-11)6-16-12(17)9-3-1-7(14)5-10(9)15/h1-5H,6,15H2,(H,16,17). The van der Waals surface area contributed by atoms with E-state index >= 15 is 0 Å². The number of nitrogens with one attached hydrogen (secondary N) is 1. The van der Waals surface area contributed by atoms with Crippen LogP contribution in [0.5, 0.6) is 0 Å². The molecule has 3 nitrogen and oxygen atoms in total. The lowest BCUT2D eigenvalue weighted by Gasteiger charge is -2.06. The minimum Gasteiger partial charge on any atom is -0.398 e. The van der Waals surface area contributed by atoms with Gasteiger partial charge in [-0.1, -0.05) is 0 Å². The summed E-state index contributed by atoms with van der Waals surface area (Å²) in [6.45, 7) is 0.423. The number of amides is 1. The first-order valence-corrected chi connectivity index (χ1v) is 6.74. The van der Waals surface area contributed by atoms with Crippen molar-refractivity contribution in [3.63, 3.8) is 0 Å². The van der Waals surface area contributed by atoms with E-state index in [0.717, 1.165) is 14.7 Å². The van der Waals surface area contributed by atoms with Crippen LogP contribution in [0.25, 0.3) is 0 Å². The third-order valence-electron chi connectivity index (χ3n) is 2.31. The molecule has 0 saturated heterocycles. The summed E-state index contributed by atoms with van der Waals surface area (Å²) in [6.07, 6.45) is 0. The maximum Gasteiger partial charge on any atom is 0.253 e. The van der Waals surface area contributed by atoms with Crippen molar-refractivity contribution in [3.8, 4) is 0 Å². The van der Waals surface area contributed by atoms with Gasteiger partial charge in [0, 0.05) is 10.6 Å². The van der Waals surface area contributed by atoms with Crippen molar-refractivity contribution in [2.75, 3.05) is 5.73 Å². The smallest absolute Gasteiger partial charge is 0.253 e. The van der Waals surface area contributed by atoms with Crippen LogP contribution in [0.4, 0.5) is 10.1 Å². The van der Waals surface area contributed by atoms with E-state index in [9.17, 15) is 9.18 Å². The Hall–Kier alpha value is -1.40. The van der Waals surface area contributed by atoms with Crippen LogP contribution >= 0.6 is 27.3 Å². The fourth-order valence-electron chi connectivity index (χ4n) is 1.45. The molecule has 2 rings (SSSR count). The minimum absolute atomic E-state index is 0.139. The second kappa shape index (κ2) is 5.49. The molecule has 1 heterocycles. The van der Waals surface area contributed by atoms with Crippen molar-refractivity contribution in [1.82, 2.24) is 5.32 Å². The van der Waals surface area contributed by atoms with Crippen LogP contribution in [0.3, 0.4) is 0 Å². The second-order valence-electron chi connectivity index (χ2n) is 3.62. The van der Waals surface area contributed by atoms with Crippen molar-refractivity contribution < 1.29 is 9.18 Å². The molecule has 0 aliphatic heterocycles. The molecule has 0 fully saturated rings. The summed E-state index contributed by atoms with van der Waals surface area (Å²) in [5.74, 6) is -0.761. The summed E-state index contributed by atoms with van der Waals surface area (Å²) in [6, 6.07) is 7.56. The van der Waals surface area contributed by atoms with Gasteiger partial charge in [0.05, 0.1) is 15.9 Å². The summed E-state index contributed by atoms with van der Waals surface area (Å²) in [5.41, 5.74) is 6.01. The maximum absolute atomic E-state index is 12.8. The average molecular weight is 329 g/mol. The molecule has 3 N–H and O–H groups in total. The number of carbonyl (C=O) groups is 1. The van der Waals surface area contributed by atoms with Crippen LogP contribution in [0.15, 0.2) is 34.1 Å². The second-order valence-corrected chi connectivity index (χ2v) is 6.17. The Labute approximate surface area is 116 Å². The molecule has 2 aromatic rings. The van der Waals surface area contributed by atoms with E-state index in [-0.39, 0.29) is 17.2 Å². The van der Waals surface area contributed by atoms with Gasteiger partial charge in [0.1, 0.15) is 5.82 Å². The quantitative estimate of drug-likeness (QED) is 0.850. The van der Waals surface area contributed by atoms with Crippen LogP contribution in [0.2, 0.25) is 0 Å². The van der Waals surface area contributed by atoms with Gasteiger partial charge < -0.3 is 11.1 Å². The molecule has 0 saturated carbocycles. The largest absolute Gasteiger partial charge is 0.398 e. The number of thiophene rings is 1. The first-order valence-electron chi connectivity index (χ1n) is 5.13. The van der Waals surface area contributed by atoms with Crippen LogP contribution in [-0.2, 0) is 6.54 Å². The highest BCUT2D eigenvalue weighted by atomic mass is 79.9. The molecule has 1 amide bonds. The van der Waals surface area contributed by atoms with Crippen molar-refractivity contribution in [2.45, 2.75) is 6.54 Å². The molecule has 0 radical (unpaired) electrons. The monoisotopic (exact) mass is 328 g/mol. The highest BCUT2D eigenvalue weighted by Crippen LogP contribution is 2.22. The summed E-state index contributed by atoms with van der Waals surface area (Å²) in [4.78, 5) is 12.9. The van der Waals surface area contributed by atoms with Gasteiger partial charge in [0.15, 0.2) is 0 Å². The highest BCUT2D eigenvalue weighted by Gasteiger charge is 2.10. The average Bonchev–Trinajstić information content (AvgIpc) is 2.72.